The average molecular weight is 341 g/mol. The van der Waals surface area contributed by atoms with Crippen molar-refractivity contribution in [3.63, 3.8) is 0 Å². The van der Waals surface area contributed by atoms with Crippen LogP contribution in [0.1, 0.15) is 44.6 Å². The molecule has 2 aromatic carbocycles. The molecule has 0 aliphatic carbocycles. The maximum Gasteiger partial charge on any atom is 0.224 e. The lowest BCUT2D eigenvalue weighted by molar-refractivity contribution is -0.116. The molecule has 1 amide bonds. The van der Waals surface area contributed by atoms with Crippen molar-refractivity contribution >= 4 is 11.6 Å². The molecular formula is C21H27NO3. The van der Waals surface area contributed by atoms with Crippen LogP contribution in [-0.4, -0.2) is 19.6 Å². The highest BCUT2D eigenvalue weighted by Gasteiger charge is 2.05. The number of anilines is 1. The first-order valence-electron chi connectivity index (χ1n) is 8.79. The molecule has 2 rings (SSSR count). The quantitative estimate of drug-likeness (QED) is 0.652. The largest absolute Gasteiger partial charge is 0.497 e. The topological polar surface area (TPSA) is 47.6 Å². The molecule has 1 N–H and O–H groups in total. The van der Waals surface area contributed by atoms with Crippen molar-refractivity contribution in [2.24, 2.45) is 0 Å². The molecule has 4 heteroatoms. The fourth-order valence-corrected chi connectivity index (χ4v) is 2.45. The molecule has 0 aliphatic heterocycles. The third kappa shape index (κ3) is 6.14. The molecule has 0 aromatic heterocycles. The van der Waals surface area contributed by atoms with Gasteiger partial charge in [-0.3, -0.25) is 4.79 Å². The highest BCUT2D eigenvalue weighted by atomic mass is 16.5. The molecule has 0 fully saturated rings. The van der Waals surface area contributed by atoms with Crippen LogP contribution < -0.4 is 14.8 Å². The fraction of sp³-hybridized carbons (Fsp3) is 0.381. The van der Waals surface area contributed by atoms with Crippen LogP contribution in [0.5, 0.6) is 11.5 Å². The Morgan fingerprint density at radius 1 is 1.04 bits per heavy atom. The number of ether oxygens (including phenoxy) is 2. The van der Waals surface area contributed by atoms with Crippen molar-refractivity contribution in [1.29, 1.82) is 0 Å². The SMILES string of the molecule is CC[C@H](C)c1ccc(NC(=O)CCCOc2ccc(OC)cc2)cc1. The molecule has 0 unspecified atom stereocenters. The molecule has 0 aliphatic rings. The van der Waals surface area contributed by atoms with E-state index in [0.717, 1.165) is 23.6 Å². The Kier molecular flexibility index (Phi) is 7.33. The zero-order chi connectivity index (χ0) is 18.1. The molecule has 0 saturated heterocycles. The van der Waals surface area contributed by atoms with Gasteiger partial charge in [-0.2, -0.15) is 0 Å². The molecule has 25 heavy (non-hydrogen) atoms. The van der Waals surface area contributed by atoms with Crippen LogP contribution in [0.15, 0.2) is 48.5 Å². The molecule has 0 radical (unpaired) electrons. The van der Waals surface area contributed by atoms with Crippen molar-refractivity contribution in [3.8, 4) is 11.5 Å². The molecule has 134 valence electrons. The molecule has 2 aromatic rings. The molecule has 1 atom stereocenters. The molecule has 0 saturated carbocycles. The van der Waals surface area contributed by atoms with Gasteiger partial charge in [0.2, 0.25) is 5.91 Å². The van der Waals surface area contributed by atoms with E-state index < -0.39 is 0 Å². The number of nitrogens with one attached hydrogen (secondary N) is 1. The van der Waals surface area contributed by atoms with E-state index in [1.165, 1.54) is 5.56 Å². The van der Waals surface area contributed by atoms with Gasteiger partial charge in [0.15, 0.2) is 0 Å². The standard InChI is InChI=1S/C21H27NO3/c1-4-16(2)17-7-9-18(10-8-17)22-21(23)6-5-15-25-20-13-11-19(24-3)12-14-20/h7-14,16H,4-6,15H2,1-3H3,(H,22,23)/t16-/m0/s1. The van der Waals surface area contributed by atoms with Gasteiger partial charge in [0, 0.05) is 12.1 Å². The highest BCUT2D eigenvalue weighted by Crippen LogP contribution is 2.21. The van der Waals surface area contributed by atoms with Gasteiger partial charge in [0.05, 0.1) is 13.7 Å². The highest BCUT2D eigenvalue weighted by molar-refractivity contribution is 5.90. The summed E-state index contributed by atoms with van der Waals surface area (Å²) in [5.74, 6) is 2.13. The number of benzene rings is 2. The van der Waals surface area contributed by atoms with Crippen LogP contribution >= 0.6 is 0 Å². The van der Waals surface area contributed by atoms with Gasteiger partial charge < -0.3 is 14.8 Å². The maximum atomic E-state index is 12.0. The first-order chi connectivity index (χ1) is 12.1. The number of hydrogen-bond acceptors (Lipinski definition) is 3. The normalized spacial score (nSPS) is 11.6. The summed E-state index contributed by atoms with van der Waals surface area (Å²) in [5.41, 5.74) is 2.14. The second kappa shape index (κ2) is 9.72. The minimum absolute atomic E-state index is 0.00891. The summed E-state index contributed by atoms with van der Waals surface area (Å²) in [5, 5.41) is 2.93. The predicted molar refractivity (Wildman–Crippen MR) is 102 cm³/mol. The monoisotopic (exact) mass is 341 g/mol. The predicted octanol–water partition coefficient (Wildman–Crippen LogP) is 5.01. The lowest BCUT2D eigenvalue weighted by Gasteiger charge is -2.11. The van der Waals surface area contributed by atoms with Gasteiger partial charge in [-0.25, -0.2) is 0 Å². The van der Waals surface area contributed by atoms with Gasteiger partial charge >= 0.3 is 0 Å². The van der Waals surface area contributed by atoms with Crippen LogP contribution in [-0.2, 0) is 4.79 Å². The number of rotatable bonds is 9. The summed E-state index contributed by atoms with van der Waals surface area (Å²) in [4.78, 5) is 12.0. The van der Waals surface area contributed by atoms with E-state index in [9.17, 15) is 4.79 Å². The number of hydrogen-bond donors (Lipinski definition) is 1. The third-order valence-electron chi connectivity index (χ3n) is 4.25. The Morgan fingerprint density at radius 2 is 1.68 bits per heavy atom. The van der Waals surface area contributed by atoms with Gasteiger partial charge in [0.1, 0.15) is 11.5 Å². The lowest BCUT2D eigenvalue weighted by atomic mass is 9.99. The second-order valence-corrected chi connectivity index (χ2v) is 6.11. The Hall–Kier alpha value is -2.49. The Balaban J connectivity index is 1.69. The molecule has 4 nitrogen and oxygen atoms in total. The van der Waals surface area contributed by atoms with Crippen LogP contribution in [0, 0.1) is 0 Å². The Bertz CT molecular complexity index is 650. The van der Waals surface area contributed by atoms with Crippen molar-refractivity contribution in [1.82, 2.24) is 0 Å². The van der Waals surface area contributed by atoms with Crippen LogP contribution in [0.25, 0.3) is 0 Å². The third-order valence-corrected chi connectivity index (χ3v) is 4.25. The summed E-state index contributed by atoms with van der Waals surface area (Å²) in [6.07, 6.45) is 2.21. The molecule has 0 bridgehead atoms. The number of methoxy groups -OCH3 is 1. The summed E-state index contributed by atoms with van der Waals surface area (Å²) in [6.45, 7) is 4.89. The Morgan fingerprint density at radius 3 is 2.28 bits per heavy atom. The van der Waals surface area contributed by atoms with Gasteiger partial charge in [-0.15, -0.1) is 0 Å². The van der Waals surface area contributed by atoms with E-state index in [2.05, 4.69) is 31.3 Å². The van der Waals surface area contributed by atoms with E-state index in [1.54, 1.807) is 7.11 Å². The van der Waals surface area contributed by atoms with Crippen molar-refractivity contribution in [2.45, 2.75) is 39.0 Å². The summed E-state index contributed by atoms with van der Waals surface area (Å²) >= 11 is 0. The summed E-state index contributed by atoms with van der Waals surface area (Å²) in [7, 11) is 1.63. The van der Waals surface area contributed by atoms with E-state index in [-0.39, 0.29) is 5.91 Å². The number of carbonyl (C=O) groups is 1. The summed E-state index contributed by atoms with van der Waals surface area (Å²) < 4.78 is 10.7. The smallest absolute Gasteiger partial charge is 0.224 e. The van der Waals surface area contributed by atoms with E-state index in [1.807, 2.05) is 36.4 Å². The second-order valence-electron chi connectivity index (χ2n) is 6.11. The maximum absolute atomic E-state index is 12.0. The summed E-state index contributed by atoms with van der Waals surface area (Å²) in [6, 6.07) is 15.5. The van der Waals surface area contributed by atoms with Crippen molar-refractivity contribution in [2.75, 3.05) is 19.0 Å². The first-order valence-corrected chi connectivity index (χ1v) is 8.79. The van der Waals surface area contributed by atoms with Crippen molar-refractivity contribution < 1.29 is 14.3 Å². The van der Waals surface area contributed by atoms with Gasteiger partial charge in [-0.05, 0) is 60.7 Å². The van der Waals surface area contributed by atoms with E-state index in [0.29, 0.717) is 25.4 Å². The molecule has 0 heterocycles. The Labute approximate surface area is 150 Å². The lowest BCUT2D eigenvalue weighted by Crippen LogP contribution is -2.12. The van der Waals surface area contributed by atoms with Crippen LogP contribution in [0.2, 0.25) is 0 Å². The van der Waals surface area contributed by atoms with Gasteiger partial charge in [-0.1, -0.05) is 26.0 Å². The molecule has 0 spiro atoms. The number of carbonyl (C=O) groups excluding carboxylic acids is 1. The van der Waals surface area contributed by atoms with Crippen LogP contribution in [0.3, 0.4) is 0 Å². The number of amides is 1. The first kappa shape index (κ1) is 18.8. The zero-order valence-corrected chi connectivity index (χ0v) is 15.2. The fourth-order valence-electron chi connectivity index (χ4n) is 2.45. The minimum Gasteiger partial charge on any atom is -0.497 e. The minimum atomic E-state index is 0.00891. The van der Waals surface area contributed by atoms with Crippen LogP contribution in [0.4, 0.5) is 5.69 Å². The van der Waals surface area contributed by atoms with E-state index in [4.69, 9.17) is 9.47 Å². The van der Waals surface area contributed by atoms with Crippen molar-refractivity contribution in [3.05, 3.63) is 54.1 Å². The van der Waals surface area contributed by atoms with E-state index >= 15 is 0 Å². The molecular weight excluding hydrogens is 314 g/mol. The van der Waals surface area contributed by atoms with Gasteiger partial charge in [0.25, 0.3) is 0 Å². The average Bonchev–Trinajstić information content (AvgIpc) is 2.65. The zero-order valence-electron chi connectivity index (χ0n) is 15.2.